The molecule has 1 aromatic heterocycles. The minimum absolute atomic E-state index is 0. The molecule has 0 spiro atoms. The van der Waals surface area contributed by atoms with Crippen LogP contribution in [-0.4, -0.2) is 30.2 Å². The number of hydrogen-bond donors (Lipinski definition) is 2. The highest BCUT2D eigenvalue weighted by molar-refractivity contribution is 5.94. The Morgan fingerprint density at radius 2 is 2.25 bits per heavy atom. The molecule has 0 atom stereocenters. The molecule has 0 aromatic carbocycles. The number of carbonyl (C=O) groups excluding carboxylic acids is 1. The summed E-state index contributed by atoms with van der Waals surface area (Å²) >= 11 is 0. The fraction of sp³-hybridized carbons (Fsp3) is 0.600. The smallest absolute Gasteiger partial charge is 0.256 e. The first-order valence-corrected chi connectivity index (χ1v) is 5.20. The Labute approximate surface area is 100 Å². The molecule has 2 rings (SSSR count). The molecule has 0 aliphatic carbocycles. The first kappa shape index (κ1) is 13.0. The first-order chi connectivity index (χ1) is 7.27. The number of nitrogens with one attached hydrogen (secondary N) is 2. The Balaban J connectivity index is 0.00000128. The summed E-state index contributed by atoms with van der Waals surface area (Å²) in [4.78, 5) is 11.8. The molecule has 2 N–H and O–H groups in total. The molecule has 0 radical (unpaired) electrons. The number of aryl methyl sites for hydroxylation is 1. The van der Waals surface area contributed by atoms with Gasteiger partial charge in [-0.2, -0.15) is 0 Å². The number of amides is 1. The average molecular weight is 246 g/mol. The highest BCUT2D eigenvalue weighted by Gasteiger charge is 2.18. The first-order valence-electron chi connectivity index (χ1n) is 5.20. The van der Waals surface area contributed by atoms with Gasteiger partial charge in [0.05, 0.1) is 6.20 Å². The molecule has 1 aromatic rings. The van der Waals surface area contributed by atoms with E-state index in [4.69, 9.17) is 4.52 Å². The van der Waals surface area contributed by atoms with E-state index < -0.39 is 0 Å². The van der Waals surface area contributed by atoms with Crippen molar-refractivity contribution < 1.29 is 9.32 Å². The van der Waals surface area contributed by atoms with Crippen molar-refractivity contribution in [3.05, 3.63) is 17.5 Å². The van der Waals surface area contributed by atoms with Gasteiger partial charge in [-0.3, -0.25) is 4.79 Å². The summed E-state index contributed by atoms with van der Waals surface area (Å²) in [5, 5.41) is 9.82. The summed E-state index contributed by atoms with van der Waals surface area (Å²) in [7, 11) is 0. The second-order valence-electron chi connectivity index (χ2n) is 3.79. The van der Waals surface area contributed by atoms with Gasteiger partial charge in [-0.25, -0.2) is 0 Å². The lowest BCUT2D eigenvalue weighted by Gasteiger charge is -2.23. The summed E-state index contributed by atoms with van der Waals surface area (Å²) < 4.78 is 4.85. The van der Waals surface area contributed by atoms with Crippen molar-refractivity contribution in [3.8, 4) is 0 Å². The predicted octanol–water partition coefficient (Wildman–Crippen LogP) is 0.887. The molecular weight excluding hydrogens is 230 g/mol. The van der Waals surface area contributed by atoms with E-state index in [-0.39, 0.29) is 24.4 Å². The van der Waals surface area contributed by atoms with E-state index in [0.29, 0.717) is 11.3 Å². The number of nitrogens with zero attached hydrogens (tertiary/aromatic N) is 1. The molecule has 1 aliphatic rings. The van der Waals surface area contributed by atoms with Crippen LogP contribution >= 0.6 is 12.4 Å². The van der Waals surface area contributed by atoms with Crippen LogP contribution < -0.4 is 10.6 Å². The molecule has 1 fully saturated rings. The van der Waals surface area contributed by atoms with Crippen molar-refractivity contribution in [2.45, 2.75) is 25.8 Å². The van der Waals surface area contributed by atoms with E-state index in [0.717, 1.165) is 25.9 Å². The normalized spacial score (nSPS) is 16.6. The average Bonchev–Trinajstić information content (AvgIpc) is 2.66. The van der Waals surface area contributed by atoms with Gasteiger partial charge in [0.15, 0.2) is 0 Å². The van der Waals surface area contributed by atoms with Gasteiger partial charge < -0.3 is 15.2 Å². The van der Waals surface area contributed by atoms with Crippen LogP contribution in [0, 0.1) is 6.92 Å². The third-order valence-corrected chi connectivity index (χ3v) is 2.67. The summed E-state index contributed by atoms with van der Waals surface area (Å²) in [6.07, 6.45) is 3.43. The van der Waals surface area contributed by atoms with Crippen LogP contribution in [0.1, 0.15) is 29.0 Å². The lowest BCUT2D eigenvalue weighted by atomic mass is 10.1. The minimum atomic E-state index is -0.0827. The van der Waals surface area contributed by atoms with E-state index in [1.807, 2.05) is 0 Å². The van der Waals surface area contributed by atoms with Crippen molar-refractivity contribution in [1.29, 1.82) is 0 Å². The molecule has 90 valence electrons. The van der Waals surface area contributed by atoms with E-state index in [9.17, 15) is 4.79 Å². The molecule has 6 heteroatoms. The van der Waals surface area contributed by atoms with Crippen LogP contribution in [-0.2, 0) is 0 Å². The van der Waals surface area contributed by atoms with Crippen molar-refractivity contribution in [2.24, 2.45) is 0 Å². The highest BCUT2D eigenvalue weighted by Crippen LogP contribution is 2.08. The van der Waals surface area contributed by atoms with Crippen LogP contribution in [0.3, 0.4) is 0 Å². The summed E-state index contributed by atoms with van der Waals surface area (Å²) in [6, 6.07) is 0.271. The zero-order valence-corrected chi connectivity index (χ0v) is 9.97. The molecule has 1 saturated heterocycles. The SMILES string of the molecule is Cc1oncc1C(=O)NC1CCNCC1.Cl. The molecule has 0 unspecified atom stereocenters. The van der Waals surface area contributed by atoms with E-state index in [1.165, 1.54) is 6.20 Å². The maximum absolute atomic E-state index is 11.8. The fourth-order valence-corrected chi connectivity index (χ4v) is 1.75. The number of piperidine rings is 1. The van der Waals surface area contributed by atoms with E-state index in [1.54, 1.807) is 6.92 Å². The lowest BCUT2D eigenvalue weighted by molar-refractivity contribution is 0.0928. The molecule has 2 heterocycles. The topological polar surface area (TPSA) is 67.2 Å². The van der Waals surface area contributed by atoms with Crippen LogP contribution in [0.15, 0.2) is 10.7 Å². The van der Waals surface area contributed by atoms with Crippen molar-refractivity contribution >= 4 is 18.3 Å². The maximum atomic E-state index is 11.8. The van der Waals surface area contributed by atoms with Gasteiger partial charge in [-0.15, -0.1) is 12.4 Å². The molecule has 0 saturated carbocycles. The Hall–Kier alpha value is -1.07. The Kier molecular flexibility index (Phi) is 4.76. The molecule has 1 aliphatic heterocycles. The van der Waals surface area contributed by atoms with Crippen molar-refractivity contribution in [2.75, 3.05) is 13.1 Å². The quantitative estimate of drug-likeness (QED) is 0.812. The minimum Gasteiger partial charge on any atom is -0.361 e. The van der Waals surface area contributed by atoms with Crippen LogP contribution in [0.5, 0.6) is 0 Å². The number of rotatable bonds is 2. The zero-order chi connectivity index (χ0) is 10.7. The van der Waals surface area contributed by atoms with E-state index >= 15 is 0 Å². The van der Waals surface area contributed by atoms with Gasteiger partial charge in [0.2, 0.25) is 0 Å². The second kappa shape index (κ2) is 5.86. The van der Waals surface area contributed by atoms with Crippen molar-refractivity contribution in [1.82, 2.24) is 15.8 Å². The number of aromatic nitrogens is 1. The molecular formula is C10H16ClN3O2. The van der Waals surface area contributed by atoms with Crippen LogP contribution in [0.25, 0.3) is 0 Å². The lowest BCUT2D eigenvalue weighted by Crippen LogP contribution is -2.42. The third kappa shape index (κ3) is 2.96. The maximum Gasteiger partial charge on any atom is 0.256 e. The zero-order valence-electron chi connectivity index (χ0n) is 9.16. The van der Waals surface area contributed by atoms with E-state index in [2.05, 4.69) is 15.8 Å². The third-order valence-electron chi connectivity index (χ3n) is 2.67. The number of hydrogen-bond acceptors (Lipinski definition) is 4. The summed E-state index contributed by atoms with van der Waals surface area (Å²) in [5.41, 5.74) is 0.536. The van der Waals surface area contributed by atoms with Crippen LogP contribution in [0.4, 0.5) is 0 Å². The summed E-state index contributed by atoms with van der Waals surface area (Å²) in [6.45, 7) is 3.67. The van der Waals surface area contributed by atoms with Gasteiger partial charge >= 0.3 is 0 Å². The highest BCUT2D eigenvalue weighted by atomic mass is 35.5. The van der Waals surface area contributed by atoms with Gasteiger partial charge in [0, 0.05) is 6.04 Å². The standard InChI is InChI=1S/C10H15N3O2.ClH/c1-7-9(6-12-15-7)10(14)13-8-2-4-11-5-3-8;/h6,8,11H,2-5H2,1H3,(H,13,14);1H. The Morgan fingerprint density at radius 1 is 1.56 bits per heavy atom. The Morgan fingerprint density at radius 3 is 2.81 bits per heavy atom. The number of carbonyl (C=O) groups is 1. The monoisotopic (exact) mass is 245 g/mol. The molecule has 1 amide bonds. The van der Waals surface area contributed by atoms with Gasteiger partial charge in [-0.1, -0.05) is 5.16 Å². The predicted molar refractivity (Wildman–Crippen MR) is 61.8 cm³/mol. The molecule has 16 heavy (non-hydrogen) atoms. The largest absolute Gasteiger partial charge is 0.361 e. The van der Waals surface area contributed by atoms with Crippen molar-refractivity contribution in [3.63, 3.8) is 0 Å². The van der Waals surface area contributed by atoms with Crippen LogP contribution in [0.2, 0.25) is 0 Å². The van der Waals surface area contributed by atoms with Gasteiger partial charge in [0.25, 0.3) is 5.91 Å². The fourth-order valence-electron chi connectivity index (χ4n) is 1.75. The summed E-state index contributed by atoms with van der Waals surface area (Å²) in [5.74, 6) is 0.488. The number of halogens is 1. The second-order valence-corrected chi connectivity index (χ2v) is 3.79. The van der Waals surface area contributed by atoms with Gasteiger partial charge in [0.1, 0.15) is 11.3 Å². The van der Waals surface area contributed by atoms with Gasteiger partial charge in [-0.05, 0) is 32.9 Å². The Bertz CT molecular complexity index is 348. The molecule has 0 bridgehead atoms. The molecule has 5 nitrogen and oxygen atoms in total.